The highest BCUT2D eigenvalue weighted by Gasteiger charge is 2.21. The lowest BCUT2D eigenvalue weighted by molar-refractivity contribution is -0.00138. The summed E-state index contributed by atoms with van der Waals surface area (Å²) in [5, 5.41) is 3.03. The average molecular weight is 317 g/mol. The third kappa shape index (κ3) is 4.38. The number of hydrogen-bond acceptors (Lipinski definition) is 3. The Labute approximate surface area is 138 Å². The summed E-state index contributed by atoms with van der Waals surface area (Å²) in [6, 6.07) is 8.18. The van der Waals surface area contributed by atoms with E-state index in [9.17, 15) is 4.79 Å². The van der Waals surface area contributed by atoms with Crippen molar-refractivity contribution in [1.82, 2.24) is 4.90 Å². The maximum Gasteiger partial charge on any atom is 0.322 e. The predicted octanol–water partition coefficient (Wildman–Crippen LogP) is 3.32. The Kier molecular flexibility index (Phi) is 5.39. The van der Waals surface area contributed by atoms with E-state index in [1.807, 2.05) is 24.0 Å². The Morgan fingerprint density at radius 3 is 2.70 bits per heavy atom. The molecule has 0 saturated carbocycles. The van der Waals surface area contributed by atoms with Crippen LogP contribution in [0.2, 0.25) is 0 Å². The second-order valence-corrected chi connectivity index (χ2v) is 6.51. The van der Waals surface area contributed by atoms with Crippen LogP contribution in [0.15, 0.2) is 24.3 Å². The summed E-state index contributed by atoms with van der Waals surface area (Å²) < 4.78 is 5.49. The fraction of sp³-hybridized carbons (Fsp3) is 0.611. The molecule has 5 nitrogen and oxygen atoms in total. The molecule has 5 heteroatoms. The Balaban J connectivity index is 1.63. The molecule has 1 atom stereocenters. The summed E-state index contributed by atoms with van der Waals surface area (Å²) in [5.41, 5.74) is 2.08. The van der Waals surface area contributed by atoms with Crippen molar-refractivity contribution >= 4 is 17.4 Å². The summed E-state index contributed by atoms with van der Waals surface area (Å²) in [4.78, 5) is 16.7. The van der Waals surface area contributed by atoms with Gasteiger partial charge in [0.25, 0.3) is 0 Å². The van der Waals surface area contributed by atoms with Crippen LogP contribution in [0.25, 0.3) is 0 Å². The largest absolute Gasteiger partial charge is 0.375 e. The van der Waals surface area contributed by atoms with Crippen LogP contribution in [-0.2, 0) is 4.74 Å². The van der Waals surface area contributed by atoms with Crippen LogP contribution >= 0.6 is 0 Å². The van der Waals surface area contributed by atoms with Gasteiger partial charge in [0.2, 0.25) is 0 Å². The minimum atomic E-state index is -0.0341. The molecule has 2 saturated heterocycles. The van der Waals surface area contributed by atoms with Gasteiger partial charge in [-0.2, -0.15) is 0 Å². The van der Waals surface area contributed by atoms with Crippen LogP contribution in [0.5, 0.6) is 0 Å². The number of anilines is 2. The van der Waals surface area contributed by atoms with E-state index in [4.69, 9.17) is 4.74 Å². The quantitative estimate of drug-likeness (QED) is 0.910. The van der Waals surface area contributed by atoms with Crippen molar-refractivity contribution in [2.24, 2.45) is 0 Å². The van der Waals surface area contributed by atoms with Gasteiger partial charge in [-0.15, -0.1) is 0 Å². The first-order valence-corrected chi connectivity index (χ1v) is 8.75. The first kappa shape index (κ1) is 16.1. The molecular weight excluding hydrogens is 290 g/mol. The SMILES string of the molecule is C[C@H]1CN(C(=O)Nc2cccc(N3CCCCCC3)c2)CCO1. The highest BCUT2D eigenvalue weighted by molar-refractivity contribution is 5.90. The molecule has 2 fully saturated rings. The van der Waals surface area contributed by atoms with Crippen molar-refractivity contribution in [1.29, 1.82) is 0 Å². The molecule has 2 heterocycles. The van der Waals surface area contributed by atoms with E-state index in [1.165, 1.54) is 31.4 Å². The molecule has 0 aliphatic carbocycles. The van der Waals surface area contributed by atoms with E-state index in [2.05, 4.69) is 22.3 Å². The minimum Gasteiger partial charge on any atom is -0.375 e. The van der Waals surface area contributed by atoms with E-state index in [-0.39, 0.29) is 12.1 Å². The van der Waals surface area contributed by atoms with Gasteiger partial charge in [-0.3, -0.25) is 0 Å². The van der Waals surface area contributed by atoms with Gasteiger partial charge in [-0.05, 0) is 38.0 Å². The number of urea groups is 1. The van der Waals surface area contributed by atoms with Gasteiger partial charge >= 0.3 is 6.03 Å². The molecule has 1 aromatic rings. The fourth-order valence-corrected chi connectivity index (χ4v) is 3.31. The first-order chi connectivity index (χ1) is 11.2. The minimum absolute atomic E-state index is 0.0341. The second kappa shape index (κ2) is 7.68. The van der Waals surface area contributed by atoms with Crippen molar-refractivity contribution < 1.29 is 9.53 Å². The molecule has 3 rings (SSSR count). The lowest BCUT2D eigenvalue weighted by Gasteiger charge is -2.31. The van der Waals surface area contributed by atoms with Gasteiger partial charge < -0.3 is 19.9 Å². The number of hydrogen-bond donors (Lipinski definition) is 1. The van der Waals surface area contributed by atoms with Crippen LogP contribution in [0, 0.1) is 0 Å². The standard InChI is InChI=1S/C18H27N3O2/c1-15-14-21(11-12-23-15)18(22)19-16-7-6-8-17(13-16)20-9-4-2-3-5-10-20/h6-8,13,15H,2-5,9-12,14H2,1H3,(H,19,22)/t15-/m0/s1. The highest BCUT2D eigenvalue weighted by Crippen LogP contribution is 2.23. The van der Waals surface area contributed by atoms with Crippen LogP contribution in [0.1, 0.15) is 32.6 Å². The number of nitrogens with one attached hydrogen (secondary N) is 1. The van der Waals surface area contributed by atoms with E-state index >= 15 is 0 Å². The number of amides is 2. The number of carbonyl (C=O) groups is 1. The molecule has 126 valence electrons. The molecule has 0 spiro atoms. The van der Waals surface area contributed by atoms with Gasteiger partial charge in [0.15, 0.2) is 0 Å². The Bertz CT molecular complexity index is 527. The summed E-state index contributed by atoms with van der Waals surface area (Å²) in [7, 11) is 0. The monoisotopic (exact) mass is 317 g/mol. The van der Waals surface area contributed by atoms with E-state index in [1.54, 1.807) is 0 Å². The molecule has 1 aromatic carbocycles. The molecule has 0 aromatic heterocycles. The van der Waals surface area contributed by atoms with Crippen LogP contribution in [-0.4, -0.2) is 49.8 Å². The highest BCUT2D eigenvalue weighted by atomic mass is 16.5. The van der Waals surface area contributed by atoms with Gasteiger partial charge in [0.05, 0.1) is 12.7 Å². The molecule has 2 aliphatic rings. The molecule has 2 amide bonds. The zero-order chi connectivity index (χ0) is 16.1. The molecule has 0 bridgehead atoms. The summed E-state index contributed by atoms with van der Waals surface area (Å²) in [6.45, 7) is 6.14. The number of carbonyl (C=O) groups excluding carboxylic acids is 1. The first-order valence-electron chi connectivity index (χ1n) is 8.75. The molecule has 23 heavy (non-hydrogen) atoms. The molecule has 2 aliphatic heterocycles. The smallest absolute Gasteiger partial charge is 0.322 e. The Morgan fingerprint density at radius 2 is 1.96 bits per heavy atom. The molecule has 0 unspecified atom stereocenters. The van der Waals surface area contributed by atoms with Crippen LogP contribution < -0.4 is 10.2 Å². The van der Waals surface area contributed by atoms with Gasteiger partial charge in [-0.1, -0.05) is 18.9 Å². The fourth-order valence-electron chi connectivity index (χ4n) is 3.31. The summed E-state index contributed by atoms with van der Waals surface area (Å²) in [5.74, 6) is 0. The van der Waals surface area contributed by atoms with Gasteiger partial charge in [0, 0.05) is 37.6 Å². The number of benzene rings is 1. The third-order valence-electron chi connectivity index (χ3n) is 4.60. The second-order valence-electron chi connectivity index (χ2n) is 6.51. The lowest BCUT2D eigenvalue weighted by Crippen LogP contribution is -2.46. The van der Waals surface area contributed by atoms with E-state index in [0.29, 0.717) is 19.7 Å². The molecule has 0 radical (unpaired) electrons. The Morgan fingerprint density at radius 1 is 1.17 bits per heavy atom. The number of rotatable bonds is 2. The van der Waals surface area contributed by atoms with E-state index < -0.39 is 0 Å². The predicted molar refractivity (Wildman–Crippen MR) is 93.1 cm³/mol. The van der Waals surface area contributed by atoms with Crippen LogP contribution in [0.3, 0.4) is 0 Å². The third-order valence-corrected chi connectivity index (χ3v) is 4.60. The van der Waals surface area contributed by atoms with Crippen molar-refractivity contribution in [2.75, 3.05) is 43.0 Å². The van der Waals surface area contributed by atoms with Crippen molar-refractivity contribution in [3.8, 4) is 0 Å². The summed E-state index contributed by atoms with van der Waals surface area (Å²) >= 11 is 0. The van der Waals surface area contributed by atoms with Gasteiger partial charge in [-0.25, -0.2) is 4.79 Å². The van der Waals surface area contributed by atoms with Crippen LogP contribution in [0.4, 0.5) is 16.2 Å². The number of morpholine rings is 1. The zero-order valence-electron chi connectivity index (χ0n) is 14.0. The lowest BCUT2D eigenvalue weighted by atomic mass is 10.2. The van der Waals surface area contributed by atoms with Crippen molar-refractivity contribution in [3.05, 3.63) is 24.3 Å². The summed E-state index contributed by atoms with van der Waals surface area (Å²) in [6.07, 6.45) is 5.26. The van der Waals surface area contributed by atoms with E-state index in [0.717, 1.165) is 18.8 Å². The maximum atomic E-state index is 12.4. The zero-order valence-corrected chi connectivity index (χ0v) is 14.0. The average Bonchev–Trinajstić information content (AvgIpc) is 2.84. The number of ether oxygens (including phenoxy) is 1. The van der Waals surface area contributed by atoms with Crippen molar-refractivity contribution in [2.45, 2.75) is 38.7 Å². The molecule has 1 N–H and O–H groups in total. The van der Waals surface area contributed by atoms with Crippen molar-refractivity contribution in [3.63, 3.8) is 0 Å². The maximum absolute atomic E-state index is 12.4. The topological polar surface area (TPSA) is 44.8 Å². The normalized spacial score (nSPS) is 22.6. The number of nitrogens with zero attached hydrogens (tertiary/aromatic N) is 2. The molecular formula is C18H27N3O2. The van der Waals surface area contributed by atoms with Gasteiger partial charge in [0.1, 0.15) is 0 Å². The Hall–Kier alpha value is -1.75.